The lowest BCUT2D eigenvalue weighted by Gasteiger charge is -2.33. The van der Waals surface area contributed by atoms with Gasteiger partial charge in [0.1, 0.15) is 0 Å². The Morgan fingerprint density at radius 2 is 1.95 bits per heavy atom. The van der Waals surface area contributed by atoms with Crippen molar-refractivity contribution < 1.29 is 37.7 Å². The van der Waals surface area contributed by atoms with E-state index in [2.05, 4.69) is 0 Å². The third-order valence-electron chi connectivity index (χ3n) is 3.04. The summed E-state index contributed by atoms with van der Waals surface area (Å²) < 4.78 is 44.8. The quantitative estimate of drug-likeness (QED) is 0.787. The van der Waals surface area contributed by atoms with E-state index in [1.165, 1.54) is 0 Å². The molecule has 0 aromatic heterocycles. The molecule has 6 nitrogen and oxygen atoms in total. The number of phenols is 1. The van der Waals surface area contributed by atoms with Crippen LogP contribution in [0.3, 0.4) is 0 Å². The number of benzene rings is 1. The van der Waals surface area contributed by atoms with Gasteiger partial charge in [-0.1, -0.05) is 0 Å². The van der Waals surface area contributed by atoms with Crippen molar-refractivity contribution in [1.29, 1.82) is 0 Å². The van der Waals surface area contributed by atoms with E-state index in [9.17, 15) is 22.8 Å². The first-order valence-electron chi connectivity index (χ1n) is 5.82. The van der Waals surface area contributed by atoms with Crippen LogP contribution < -0.4 is 0 Å². The van der Waals surface area contributed by atoms with Crippen molar-refractivity contribution in [3.8, 4) is 5.75 Å². The number of rotatable bonds is 2. The summed E-state index contributed by atoms with van der Waals surface area (Å²) in [4.78, 5) is 23.9. The van der Waals surface area contributed by atoms with Crippen LogP contribution in [0.5, 0.6) is 5.75 Å². The van der Waals surface area contributed by atoms with Crippen molar-refractivity contribution in [2.75, 3.05) is 19.8 Å². The number of hydrogen-bond donors (Lipinski definition) is 2. The zero-order valence-electron chi connectivity index (χ0n) is 10.5. The van der Waals surface area contributed by atoms with Crippen molar-refractivity contribution >= 4 is 11.9 Å². The molecule has 9 heteroatoms. The predicted octanol–water partition coefficient (Wildman–Crippen LogP) is 0.735. The number of aromatic hydroxyl groups is 1. The number of nitrogens with zero attached hydrogens (tertiary/aromatic N) is 1. The lowest BCUT2D eigenvalue weighted by Crippen LogP contribution is -2.52. The van der Waals surface area contributed by atoms with E-state index >= 15 is 0 Å². The number of carbonyl (C=O) groups is 2. The van der Waals surface area contributed by atoms with E-state index in [1.54, 1.807) is 0 Å². The molecule has 0 spiro atoms. The third kappa shape index (κ3) is 2.64. The van der Waals surface area contributed by atoms with Crippen LogP contribution in [0.4, 0.5) is 13.2 Å². The highest BCUT2D eigenvalue weighted by Gasteiger charge is 2.35. The molecule has 21 heavy (non-hydrogen) atoms. The standard InChI is InChI=1S/C12H10F3NO5/c13-6-3-5(8(14)10(17)9(6)15)11(18)16-1-2-21-4-7(16)12(19)20/h3,7,17H,1-2,4H2,(H,19,20). The second kappa shape index (κ2) is 5.60. The van der Waals surface area contributed by atoms with Gasteiger partial charge in [0.15, 0.2) is 23.4 Å². The van der Waals surface area contributed by atoms with E-state index in [0.29, 0.717) is 0 Å². The number of carboxylic acid groups (broad SMARTS) is 1. The Bertz CT molecular complexity index is 607. The van der Waals surface area contributed by atoms with E-state index in [4.69, 9.17) is 14.9 Å². The summed E-state index contributed by atoms with van der Waals surface area (Å²) in [5.41, 5.74) is -0.945. The van der Waals surface area contributed by atoms with Crippen LogP contribution >= 0.6 is 0 Å². The monoisotopic (exact) mass is 305 g/mol. The summed E-state index contributed by atoms with van der Waals surface area (Å²) in [6.45, 7) is -0.444. The molecule has 2 N–H and O–H groups in total. The fourth-order valence-corrected chi connectivity index (χ4v) is 1.95. The molecule has 0 aliphatic carbocycles. The number of morpholine rings is 1. The van der Waals surface area contributed by atoms with E-state index in [0.717, 1.165) is 4.90 Å². The molecule has 1 aliphatic rings. The zero-order valence-corrected chi connectivity index (χ0v) is 10.5. The summed E-state index contributed by atoms with van der Waals surface area (Å²) in [6, 6.07) is -1.10. The first kappa shape index (κ1) is 15.1. The van der Waals surface area contributed by atoms with Crippen LogP contribution in [0.15, 0.2) is 6.07 Å². The molecule has 1 aromatic carbocycles. The fraction of sp³-hybridized carbons (Fsp3) is 0.333. The van der Waals surface area contributed by atoms with Crippen LogP contribution in [0, 0.1) is 17.5 Å². The van der Waals surface area contributed by atoms with E-state index < -0.39 is 46.7 Å². The topological polar surface area (TPSA) is 87.1 Å². The average Bonchev–Trinajstić information content (AvgIpc) is 2.48. The first-order chi connectivity index (χ1) is 9.84. The summed E-state index contributed by atoms with van der Waals surface area (Å²) >= 11 is 0. The molecule has 1 heterocycles. The van der Waals surface area contributed by atoms with Crippen molar-refractivity contribution in [3.63, 3.8) is 0 Å². The van der Waals surface area contributed by atoms with Crippen molar-refractivity contribution in [2.24, 2.45) is 0 Å². The number of hydrogen-bond acceptors (Lipinski definition) is 4. The minimum absolute atomic E-state index is 0.0206. The maximum atomic E-state index is 13.7. The van der Waals surface area contributed by atoms with Gasteiger partial charge in [0, 0.05) is 6.54 Å². The Kier molecular flexibility index (Phi) is 4.03. The smallest absolute Gasteiger partial charge is 0.328 e. The largest absolute Gasteiger partial charge is 0.503 e. The van der Waals surface area contributed by atoms with E-state index in [1.807, 2.05) is 0 Å². The van der Waals surface area contributed by atoms with Gasteiger partial charge < -0.3 is 19.8 Å². The third-order valence-corrected chi connectivity index (χ3v) is 3.04. The normalized spacial score (nSPS) is 18.6. The number of amides is 1. The molecule has 0 bridgehead atoms. The number of carbonyl (C=O) groups excluding carboxylic acids is 1. The average molecular weight is 305 g/mol. The highest BCUT2D eigenvalue weighted by molar-refractivity contribution is 5.97. The van der Waals surface area contributed by atoms with Crippen LogP contribution in [-0.4, -0.2) is 52.8 Å². The summed E-state index contributed by atoms with van der Waals surface area (Å²) in [7, 11) is 0. The van der Waals surface area contributed by atoms with Gasteiger partial charge in [-0.15, -0.1) is 0 Å². The van der Waals surface area contributed by atoms with Gasteiger partial charge in [-0.25, -0.2) is 13.6 Å². The van der Waals surface area contributed by atoms with Crippen LogP contribution in [0.25, 0.3) is 0 Å². The molecule has 1 unspecified atom stereocenters. The summed E-state index contributed by atoms with van der Waals surface area (Å²) in [5, 5.41) is 18.1. The van der Waals surface area contributed by atoms with Crippen molar-refractivity contribution in [2.45, 2.75) is 6.04 Å². The number of ether oxygens (including phenoxy) is 1. The minimum atomic E-state index is -1.82. The molecule has 2 rings (SSSR count). The van der Waals surface area contributed by atoms with Gasteiger partial charge in [0.25, 0.3) is 5.91 Å². The molecule has 1 aromatic rings. The second-order valence-corrected chi connectivity index (χ2v) is 4.31. The fourth-order valence-electron chi connectivity index (χ4n) is 1.95. The van der Waals surface area contributed by atoms with Crippen LogP contribution in [0.1, 0.15) is 10.4 Å². The minimum Gasteiger partial charge on any atom is -0.503 e. The molecule has 114 valence electrons. The molecular weight excluding hydrogens is 295 g/mol. The lowest BCUT2D eigenvalue weighted by atomic mass is 10.1. The highest BCUT2D eigenvalue weighted by atomic mass is 19.2. The molecule has 0 radical (unpaired) electrons. The van der Waals surface area contributed by atoms with Gasteiger partial charge in [-0.2, -0.15) is 4.39 Å². The SMILES string of the molecule is O=C(O)C1COCCN1C(=O)c1cc(F)c(F)c(O)c1F. The van der Waals surface area contributed by atoms with E-state index in [-0.39, 0.29) is 25.8 Å². The Morgan fingerprint density at radius 1 is 1.29 bits per heavy atom. The van der Waals surface area contributed by atoms with Gasteiger partial charge in [0.05, 0.1) is 18.8 Å². The summed E-state index contributed by atoms with van der Waals surface area (Å²) in [5.74, 6) is -9.25. The Morgan fingerprint density at radius 3 is 2.57 bits per heavy atom. The molecular formula is C12H10F3NO5. The van der Waals surface area contributed by atoms with Crippen LogP contribution in [0.2, 0.25) is 0 Å². The molecule has 0 saturated carbocycles. The predicted molar refractivity (Wildman–Crippen MR) is 61.3 cm³/mol. The Balaban J connectivity index is 2.42. The van der Waals surface area contributed by atoms with Crippen LogP contribution in [-0.2, 0) is 9.53 Å². The molecule has 1 aliphatic heterocycles. The van der Waals surface area contributed by atoms with Gasteiger partial charge in [0.2, 0.25) is 5.82 Å². The number of phenolic OH excluding ortho intramolecular Hbond substituents is 1. The summed E-state index contributed by atoms with van der Waals surface area (Å²) in [6.07, 6.45) is 0. The number of aliphatic carboxylic acids is 1. The number of carboxylic acids is 1. The first-order valence-corrected chi connectivity index (χ1v) is 5.82. The lowest BCUT2D eigenvalue weighted by molar-refractivity contribution is -0.147. The maximum Gasteiger partial charge on any atom is 0.328 e. The molecule has 1 saturated heterocycles. The Hall–Kier alpha value is -2.29. The number of halogens is 3. The second-order valence-electron chi connectivity index (χ2n) is 4.31. The Labute approximate surface area is 116 Å². The molecule has 1 atom stereocenters. The van der Waals surface area contributed by atoms with Crippen molar-refractivity contribution in [3.05, 3.63) is 29.1 Å². The zero-order chi connectivity index (χ0) is 15.7. The van der Waals surface area contributed by atoms with Gasteiger partial charge >= 0.3 is 5.97 Å². The van der Waals surface area contributed by atoms with Gasteiger partial charge in [-0.3, -0.25) is 4.79 Å². The molecule has 1 fully saturated rings. The maximum absolute atomic E-state index is 13.7. The van der Waals surface area contributed by atoms with Crippen molar-refractivity contribution in [1.82, 2.24) is 4.90 Å². The molecule has 1 amide bonds. The van der Waals surface area contributed by atoms with Gasteiger partial charge in [-0.05, 0) is 6.07 Å². The highest BCUT2D eigenvalue weighted by Crippen LogP contribution is 2.27.